The Morgan fingerprint density at radius 3 is 2.40 bits per heavy atom. The lowest BCUT2D eigenvalue weighted by Crippen LogP contribution is -2.15. The van der Waals surface area contributed by atoms with Crippen molar-refractivity contribution in [3.8, 4) is 0 Å². The van der Waals surface area contributed by atoms with Gasteiger partial charge in [-0.3, -0.25) is 4.79 Å². The van der Waals surface area contributed by atoms with E-state index in [9.17, 15) is 4.79 Å². The van der Waals surface area contributed by atoms with Gasteiger partial charge in [0.1, 0.15) is 11.5 Å². The minimum Gasteiger partial charge on any atom is -0.339 e. The van der Waals surface area contributed by atoms with Crippen molar-refractivity contribution < 1.29 is 4.79 Å². The molecular weight excluding hydrogens is 380 g/mol. The molecule has 0 atom stereocenters. The molecule has 6 heteroatoms. The topological polar surface area (TPSA) is 66.9 Å². The highest BCUT2D eigenvalue weighted by Crippen LogP contribution is 2.20. The molecule has 5 nitrogen and oxygen atoms in total. The van der Waals surface area contributed by atoms with Crippen molar-refractivity contribution in [1.29, 1.82) is 0 Å². The number of carbonyl (C=O) groups excluding carboxylic acids is 1. The van der Waals surface area contributed by atoms with Gasteiger partial charge in [-0.2, -0.15) is 0 Å². The fraction of sp³-hybridized carbons (Fsp3) is 0.105. The summed E-state index contributed by atoms with van der Waals surface area (Å²) in [6.07, 6.45) is 3.00. The number of amides is 1. The third-order valence-electron chi connectivity index (χ3n) is 3.65. The van der Waals surface area contributed by atoms with Crippen LogP contribution in [0.2, 0.25) is 0 Å². The lowest BCUT2D eigenvalue weighted by Gasteiger charge is -2.09. The molecular formula is C19H17BrN4O. The van der Waals surface area contributed by atoms with Gasteiger partial charge in [-0.1, -0.05) is 33.6 Å². The minimum atomic E-state index is -0.292. The molecule has 2 aromatic carbocycles. The average Bonchev–Trinajstić information content (AvgIpc) is 2.60. The molecule has 0 bridgehead atoms. The zero-order valence-corrected chi connectivity index (χ0v) is 15.5. The number of nitrogens with zero attached hydrogens (tertiary/aromatic N) is 2. The van der Waals surface area contributed by atoms with E-state index in [-0.39, 0.29) is 11.6 Å². The molecule has 1 amide bonds. The monoisotopic (exact) mass is 396 g/mol. The van der Waals surface area contributed by atoms with Crippen molar-refractivity contribution in [1.82, 2.24) is 9.97 Å². The van der Waals surface area contributed by atoms with Gasteiger partial charge in [0, 0.05) is 15.8 Å². The van der Waals surface area contributed by atoms with Gasteiger partial charge in [0.2, 0.25) is 0 Å². The Balaban J connectivity index is 1.68. The second-order valence-electron chi connectivity index (χ2n) is 5.69. The number of aryl methyl sites for hydroxylation is 2. The van der Waals surface area contributed by atoms with Crippen molar-refractivity contribution in [2.75, 3.05) is 10.6 Å². The SMILES string of the molecule is Cc1ccc(Nc2cnc(C(=O)Nc3ccc(Br)cc3C)cn2)cc1. The standard InChI is InChI=1S/C19H17BrN4O/c1-12-3-6-15(7-4-12)23-18-11-21-17(10-22-18)19(25)24-16-8-5-14(20)9-13(16)2/h3-11H,1-2H3,(H,22,23)(H,24,25). The molecule has 3 rings (SSSR count). The fourth-order valence-corrected chi connectivity index (χ4v) is 2.72. The number of halogens is 1. The Morgan fingerprint density at radius 1 is 1.00 bits per heavy atom. The van der Waals surface area contributed by atoms with E-state index in [4.69, 9.17) is 0 Å². The summed E-state index contributed by atoms with van der Waals surface area (Å²) in [7, 11) is 0. The number of rotatable bonds is 4. The Labute approximate surface area is 154 Å². The molecule has 0 saturated carbocycles. The zero-order chi connectivity index (χ0) is 17.8. The highest BCUT2D eigenvalue weighted by Gasteiger charge is 2.10. The Kier molecular flexibility index (Phi) is 5.09. The molecule has 0 spiro atoms. The van der Waals surface area contributed by atoms with Crippen LogP contribution in [0.4, 0.5) is 17.2 Å². The van der Waals surface area contributed by atoms with Crippen LogP contribution < -0.4 is 10.6 Å². The molecule has 0 aliphatic carbocycles. The van der Waals surface area contributed by atoms with Gasteiger partial charge in [-0.05, 0) is 49.7 Å². The first-order valence-corrected chi connectivity index (χ1v) is 8.54. The molecule has 0 aliphatic heterocycles. The van der Waals surface area contributed by atoms with Gasteiger partial charge in [-0.25, -0.2) is 9.97 Å². The quantitative estimate of drug-likeness (QED) is 0.661. The van der Waals surface area contributed by atoms with Crippen LogP contribution in [0, 0.1) is 13.8 Å². The van der Waals surface area contributed by atoms with Gasteiger partial charge >= 0.3 is 0 Å². The summed E-state index contributed by atoms with van der Waals surface area (Å²) in [6.45, 7) is 3.96. The number of benzene rings is 2. The van der Waals surface area contributed by atoms with E-state index in [0.29, 0.717) is 5.82 Å². The molecule has 126 valence electrons. The molecule has 0 saturated heterocycles. The van der Waals surface area contributed by atoms with Crippen LogP contribution in [0.5, 0.6) is 0 Å². The van der Waals surface area contributed by atoms with E-state index in [0.717, 1.165) is 21.4 Å². The van der Waals surface area contributed by atoms with Crippen molar-refractivity contribution in [2.45, 2.75) is 13.8 Å². The summed E-state index contributed by atoms with van der Waals surface area (Å²) in [5.41, 5.74) is 4.08. The Morgan fingerprint density at radius 2 is 1.76 bits per heavy atom. The van der Waals surface area contributed by atoms with Crippen LogP contribution in [0.3, 0.4) is 0 Å². The predicted molar refractivity (Wildman–Crippen MR) is 103 cm³/mol. The largest absolute Gasteiger partial charge is 0.339 e. The summed E-state index contributed by atoms with van der Waals surface area (Å²) in [5.74, 6) is 0.292. The van der Waals surface area contributed by atoms with Crippen LogP contribution in [-0.2, 0) is 0 Å². The second-order valence-corrected chi connectivity index (χ2v) is 6.61. The van der Waals surface area contributed by atoms with Crippen LogP contribution in [0.1, 0.15) is 21.6 Å². The van der Waals surface area contributed by atoms with E-state index in [1.54, 1.807) is 6.20 Å². The van der Waals surface area contributed by atoms with Crippen LogP contribution in [0.25, 0.3) is 0 Å². The lowest BCUT2D eigenvalue weighted by atomic mass is 10.2. The summed E-state index contributed by atoms with van der Waals surface area (Å²) in [4.78, 5) is 20.8. The third-order valence-corrected chi connectivity index (χ3v) is 4.14. The molecule has 0 unspecified atom stereocenters. The summed E-state index contributed by atoms with van der Waals surface area (Å²) in [5, 5.41) is 6.00. The molecule has 1 heterocycles. The summed E-state index contributed by atoms with van der Waals surface area (Å²) in [6, 6.07) is 13.6. The first-order chi connectivity index (χ1) is 12.0. The summed E-state index contributed by atoms with van der Waals surface area (Å²) >= 11 is 3.40. The minimum absolute atomic E-state index is 0.261. The Hall–Kier alpha value is -2.73. The first kappa shape index (κ1) is 17.1. The third kappa shape index (κ3) is 4.42. The smallest absolute Gasteiger partial charge is 0.275 e. The van der Waals surface area contributed by atoms with Crippen LogP contribution in [0.15, 0.2) is 59.3 Å². The molecule has 2 N–H and O–H groups in total. The van der Waals surface area contributed by atoms with E-state index in [1.807, 2.05) is 56.3 Å². The van der Waals surface area contributed by atoms with Gasteiger partial charge in [0.15, 0.2) is 0 Å². The number of anilines is 3. The number of hydrogen-bond donors (Lipinski definition) is 2. The number of hydrogen-bond acceptors (Lipinski definition) is 4. The second kappa shape index (κ2) is 7.44. The first-order valence-electron chi connectivity index (χ1n) is 7.74. The molecule has 25 heavy (non-hydrogen) atoms. The van der Waals surface area contributed by atoms with Crippen LogP contribution >= 0.6 is 15.9 Å². The Bertz CT molecular complexity index is 892. The van der Waals surface area contributed by atoms with E-state index < -0.39 is 0 Å². The number of aromatic nitrogens is 2. The van der Waals surface area contributed by atoms with Crippen molar-refractivity contribution in [3.63, 3.8) is 0 Å². The van der Waals surface area contributed by atoms with Crippen molar-refractivity contribution in [3.05, 3.63) is 76.2 Å². The highest BCUT2D eigenvalue weighted by molar-refractivity contribution is 9.10. The van der Waals surface area contributed by atoms with Crippen molar-refractivity contribution >= 4 is 39.0 Å². The molecule has 0 fully saturated rings. The molecule has 0 radical (unpaired) electrons. The lowest BCUT2D eigenvalue weighted by molar-refractivity contribution is 0.102. The van der Waals surface area contributed by atoms with Gasteiger partial charge in [-0.15, -0.1) is 0 Å². The number of nitrogens with one attached hydrogen (secondary N) is 2. The maximum atomic E-state index is 12.3. The van der Waals surface area contributed by atoms with Gasteiger partial charge < -0.3 is 10.6 Å². The molecule has 3 aromatic rings. The van der Waals surface area contributed by atoms with Crippen molar-refractivity contribution in [2.24, 2.45) is 0 Å². The molecule has 1 aromatic heterocycles. The fourth-order valence-electron chi connectivity index (χ4n) is 2.25. The van der Waals surface area contributed by atoms with E-state index in [2.05, 4.69) is 36.5 Å². The van der Waals surface area contributed by atoms with E-state index >= 15 is 0 Å². The maximum Gasteiger partial charge on any atom is 0.275 e. The van der Waals surface area contributed by atoms with Crippen LogP contribution in [-0.4, -0.2) is 15.9 Å². The van der Waals surface area contributed by atoms with E-state index in [1.165, 1.54) is 11.8 Å². The van der Waals surface area contributed by atoms with Gasteiger partial charge in [0.25, 0.3) is 5.91 Å². The maximum absolute atomic E-state index is 12.3. The highest BCUT2D eigenvalue weighted by atomic mass is 79.9. The normalized spacial score (nSPS) is 10.4. The predicted octanol–water partition coefficient (Wildman–Crippen LogP) is 4.85. The molecule has 0 aliphatic rings. The summed E-state index contributed by atoms with van der Waals surface area (Å²) < 4.78 is 0.967. The van der Waals surface area contributed by atoms with Gasteiger partial charge in [0.05, 0.1) is 12.4 Å². The number of carbonyl (C=O) groups is 1. The zero-order valence-electron chi connectivity index (χ0n) is 13.9. The average molecular weight is 397 g/mol.